The summed E-state index contributed by atoms with van der Waals surface area (Å²) in [5.74, 6) is -2.70. The van der Waals surface area contributed by atoms with Gasteiger partial charge in [-0.05, 0) is 6.42 Å². The molecule has 5 heteroatoms. The lowest BCUT2D eigenvalue weighted by Gasteiger charge is -2.24. The summed E-state index contributed by atoms with van der Waals surface area (Å²) in [4.78, 5) is 25.0. The number of hydrogen-bond acceptors (Lipinski definition) is 4. The maximum Gasteiger partial charge on any atom is 0.229 e. The topological polar surface area (TPSA) is 69.7 Å². The minimum atomic E-state index is -1.18. The Morgan fingerprint density at radius 3 is 3.12 bits per heavy atom. The fraction of sp³-hybridized carbons (Fsp3) is 0.667. The van der Waals surface area contributed by atoms with Crippen LogP contribution in [-0.2, 0) is 14.3 Å². The van der Waals surface area contributed by atoms with Gasteiger partial charge in [0.05, 0.1) is 18.6 Å². The molecule has 3 aliphatic heterocycles. The second kappa shape index (κ2) is 3.32. The van der Waals surface area contributed by atoms with Gasteiger partial charge in [0, 0.05) is 18.4 Å². The lowest BCUT2D eigenvalue weighted by molar-refractivity contribution is -0.313. The number of carboxylic acid groups (broad SMARTS) is 1. The van der Waals surface area contributed by atoms with E-state index in [4.69, 9.17) is 4.74 Å². The van der Waals surface area contributed by atoms with Gasteiger partial charge in [-0.3, -0.25) is 4.79 Å². The second-order valence-corrected chi connectivity index (χ2v) is 4.98. The summed E-state index contributed by atoms with van der Waals surface area (Å²) in [6.07, 6.45) is 3.98. The van der Waals surface area contributed by atoms with Gasteiger partial charge in [-0.2, -0.15) is 0 Å². The molecule has 0 saturated carbocycles. The monoisotopic (exact) mass is 236 g/mol. The molecule has 0 aromatic rings. The minimum Gasteiger partial charge on any atom is -0.550 e. The third-order valence-corrected chi connectivity index (χ3v) is 3.94. The standard InChI is InChI=1S/C12H15NO4/c1-2-5-13-6-12-4-3-7(17-12)8(11(15)16)9(12)10(13)14/h3-4,7-9H,2,5-6H2,1H3,(H,15,16)/p-1/t7-,8+,9-,12+/m1/s1. The van der Waals surface area contributed by atoms with Crippen LogP contribution in [0, 0.1) is 11.8 Å². The van der Waals surface area contributed by atoms with Crippen molar-refractivity contribution < 1.29 is 19.4 Å². The van der Waals surface area contributed by atoms with Crippen LogP contribution in [0.1, 0.15) is 13.3 Å². The zero-order valence-electron chi connectivity index (χ0n) is 9.59. The Morgan fingerprint density at radius 1 is 1.71 bits per heavy atom. The van der Waals surface area contributed by atoms with E-state index < -0.39 is 29.5 Å². The van der Waals surface area contributed by atoms with Crippen LogP contribution < -0.4 is 5.11 Å². The molecule has 17 heavy (non-hydrogen) atoms. The summed E-state index contributed by atoms with van der Waals surface area (Å²) in [5.41, 5.74) is -0.707. The number of carbonyl (C=O) groups is 2. The summed E-state index contributed by atoms with van der Waals surface area (Å²) in [6.45, 7) is 3.11. The van der Waals surface area contributed by atoms with Gasteiger partial charge in [0.25, 0.3) is 0 Å². The molecular formula is C12H14NO4-. The van der Waals surface area contributed by atoms with Crippen LogP contribution >= 0.6 is 0 Å². The summed E-state index contributed by atoms with van der Waals surface area (Å²) in [5, 5.41) is 11.1. The highest BCUT2D eigenvalue weighted by Crippen LogP contribution is 2.51. The van der Waals surface area contributed by atoms with E-state index in [1.165, 1.54) is 0 Å². The Balaban J connectivity index is 1.96. The average molecular weight is 236 g/mol. The number of aliphatic carboxylic acids is 1. The number of carboxylic acids is 1. The third kappa shape index (κ3) is 1.23. The molecule has 1 amide bonds. The van der Waals surface area contributed by atoms with E-state index in [-0.39, 0.29) is 5.91 Å². The van der Waals surface area contributed by atoms with E-state index in [9.17, 15) is 14.7 Å². The van der Waals surface area contributed by atoms with Crippen molar-refractivity contribution >= 4 is 11.9 Å². The molecule has 1 spiro atoms. The predicted molar refractivity (Wildman–Crippen MR) is 55.6 cm³/mol. The SMILES string of the molecule is CCCN1C[C@]23C=C[C@@H](O2)[C@H](C(=O)[O-])[C@@H]3C1=O. The van der Waals surface area contributed by atoms with E-state index in [0.29, 0.717) is 13.1 Å². The maximum atomic E-state index is 12.2. The van der Waals surface area contributed by atoms with Crippen molar-refractivity contribution in [2.45, 2.75) is 25.0 Å². The molecule has 0 N–H and O–H groups in total. The molecule has 2 fully saturated rings. The molecule has 0 aromatic carbocycles. The summed E-state index contributed by atoms with van der Waals surface area (Å²) in [7, 11) is 0. The third-order valence-electron chi connectivity index (χ3n) is 3.94. The number of carbonyl (C=O) groups excluding carboxylic acids is 2. The van der Waals surface area contributed by atoms with Crippen LogP contribution in [-0.4, -0.2) is 41.6 Å². The smallest absolute Gasteiger partial charge is 0.229 e. The van der Waals surface area contributed by atoms with E-state index in [2.05, 4.69) is 0 Å². The lowest BCUT2D eigenvalue weighted by atomic mass is 9.77. The maximum absolute atomic E-state index is 12.2. The molecule has 92 valence electrons. The van der Waals surface area contributed by atoms with Gasteiger partial charge in [-0.15, -0.1) is 0 Å². The number of nitrogens with zero attached hydrogens (tertiary/aromatic N) is 1. The molecule has 0 aliphatic carbocycles. The fourth-order valence-corrected chi connectivity index (χ4v) is 3.31. The summed E-state index contributed by atoms with van der Waals surface area (Å²) in [6, 6.07) is 0. The number of ether oxygens (including phenoxy) is 1. The molecule has 3 heterocycles. The molecule has 0 aromatic heterocycles. The van der Waals surface area contributed by atoms with Gasteiger partial charge in [-0.1, -0.05) is 19.1 Å². The molecule has 4 atom stereocenters. The first kappa shape index (κ1) is 10.8. The van der Waals surface area contributed by atoms with E-state index in [1.807, 2.05) is 13.0 Å². The molecule has 5 nitrogen and oxygen atoms in total. The number of amides is 1. The van der Waals surface area contributed by atoms with Crippen LogP contribution in [0.4, 0.5) is 0 Å². The van der Waals surface area contributed by atoms with Gasteiger partial charge in [0.2, 0.25) is 5.91 Å². The Morgan fingerprint density at radius 2 is 2.47 bits per heavy atom. The Labute approximate surface area is 99.0 Å². The average Bonchev–Trinajstić information content (AvgIpc) is 2.88. The Hall–Kier alpha value is -1.36. The first-order chi connectivity index (χ1) is 8.09. The molecule has 2 saturated heterocycles. The van der Waals surface area contributed by atoms with Gasteiger partial charge in [0.15, 0.2) is 0 Å². The zero-order valence-corrected chi connectivity index (χ0v) is 9.59. The van der Waals surface area contributed by atoms with Crippen molar-refractivity contribution in [2.24, 2.45) is 11.8 Å². The van der Waals surface area contributed by atoms with E-state index in [0.717, 1.165) is 6.42 Å². The molecule has 2 bridgehead atoms. The molecular weight excluding hydrogens is 222 g/mol. The van der Waals surface area contributed by atoms with Crippen molar-refractivity contribution in [3.63, 3.8) is 0 Å². The van der Waals surface area contributed by atoms with Gasteiger partial charge in [0.1, 0.15) is 5.60 Å². The van der Waals surface area contributed by atoms with E-state index in [1.54, 1.807) is 11.0 Å². The molecule has 3 aliphatic rings. The highest BCUT2D eigenvalue weighted by atomic mass is 16.5. The molecule has 3 rings (SSSR count). The van der Waals surface area contributed by atoms with Gasteiger partial charge >= 0.3 is 0 Å². The fourth-order valence-electron chi connectivity index (χ4n) is 3.31. The highest BCUT2D eigenvalue weighted by molar-refractivity contribution is 5.90. The minimum absolute atomic E-state index is 0.104. The van der Waals surface area contributed by atoms with Crippen molar-refractivity contribution in [2.75, 3.05) is 13.1 Å². The first-order valence-corrected chi connectivity index (χ1v) is 5.96. The predicted octanol–water partition coefficient (Wildman–Crippen LogP) is -1.07. The Bertz CT molecular complexity index is 419. The normalized spacial score (nSPS) is 42.3. The second-order valence-electron chi connectivity index (χ2n) is 4.98. The van der Waals surface area contributed by atoms with Crippen LogP contribution in [0.5, 0.6) is 0 Å². The van der Waals surface area contributed by atoms with Gasteiger partial charge in [-0.25, -0.2) is 0 Å². The quantitative estimate of drug-likeness (QED) is 0.585. The van der Waals surface area contributed by atoms with Crippen LogP contribution in [0.25, 0.3) is 0 Å². The largest absolute Gasteiger partial charge is 0.550 e. The highest BCUT2D eigenvalue weighted by Gasteiger charge is 2.65. The first-order valence-electron chi connectivity index (χ1n) is 5.96. The van der Waals surface area contributed by atoms with Crippen LogP contribution in [0.3, 0.4) is 0 Å². The number of likely N-dealkylation sites (tertiary alicyclic amines) is 1. The van der Waals surface area contributed by atoms with Crippen molar-refractivity contribution in [1.82, 2.24) is 4.90 Å². The molecule has 0 unspecified atom stereocenters. The van der Waals surface area contributed by atoms with Gasteiger partial charge < -0.3 is 19.5 Å². The van der Waals surface area contributed by atoms with Crippen LogP contribution in [0.15, 0.2) is 12.2 Å². The number of hydrogen-bond donors (Lipinski definition) is 0. The van der Waals surface area contributed by atoms with Crippen molar-refractivity contribution in [3.05, 3.63) is 12.2 Å². The molecule has 0 radical (unpaired) electrons. The van der Waals surface area contributed by atoms with Crippen molar-refractivity contribution in [1.29, 1.82) is 0 Å². The Kier molecular flexibility index (Phi) is 2.10. The number of fused-ring (bicyclic) bond motifs is 1. The summed E-state index contributed by atoms with van der Waals surface area (Å²) >= 11 is 0. The number of rotatable bonds is 3. The lowest BCUT2D eigenvalue weighted by Crippen LogP contribution is -2.45. The van der Waals surface area contributed by atoms with Crippen LogP contribution in [0.2, 0.25) is 0 Å². The van der Waals surface area contributed by atoms with E-state index >= 15 is 0 Å². The van der Waals surface area contributed by atoms with Crippen molar-refractivity contribution in [3.8, 4) is 0 Å². The summed E-state index contributed by atoms with van der Waals surface area (Å²) < 4.78 is 5.71. The zero-order chi connectivity index (χ0) is 12.2.